The quantitative estimate of drug-likeness (QED) is 0.718. The first-order valence-corrected chi connectivity index (χ1v) is 9.02. The van der Waals surface area contributed by atoms with Crippen LogP contribution in [0.25, 0.3) is 0 Å². The van der Waals surface area contributed by atoms with E-state index in [1.807, 2.05) is 30.3 Å². The lowest BCUT2D eigenvalue weighted by Gasteiger charge is -2.21. The first kappa shape index (κ1) is 21.5. The number of amides is 2. The molecule has 0 radical (unpaired) electrons. The Kier molecular flexibility index (Phi) is 7.61. The largest absolute Gasteiger partial charge is 0.416 e. The molecule has 2 rings (SSSR count). The normalized spacial score (nSPS) is 11.1. The van der Waals surface area contributed by atoms with Gasteiger partial charge in [-0.25, -0.2) is 0 Å². The van der Waals surface area contributed by atoms with E-state index in [1.165, 1.54) is 24.6 Å². The minimum absolute atomic E-state index is 0.0150. The first-order chi connectivity index (χ1) is 13.3. The van der Waals surface area contributed by atoms with E-state index in [1.54, 1.807) is 4.90 Å². The number of nitrogens with zero attached hydrogens (tertiary/aromatic N) is 1. The maximum absolute atomic E-state index is 12.7. The summed E-state index contributed by atoms with van der Waals surface area (Å²) in [6.07, 6.45) is -2.87. The van der Waals surface area contributed by atoms with Crippen LogP contribution in [0.2, 0.25) is 0 Å². The standard InChI is InChI=1S/C21H23F3N2O2/c1-16(27)26(13-6-9-17-7-3-2-4-8-17)14-12-20(28)25-19-11-5-10-18(15-19)21(22,23)24/h2-5,7-8,10-11,15H,6,9,12-14H2,1H3,(H,25,28). The smallest absolute Gasteiger partial charge is 0.342 e. The van der Waals surface area contributed by atoms with Crippen LogP contribution in [0.15, 0.2) is 54.6 Å². The Morgan fingerprint density at radius 2 is 1.71 bits per heavy atom. The van der Waals surface area contributed by atoms with Crippen molar-refractivity contribution in [3.8, 4) is 0 Å². The van der Waals surface area contributed by atoms with Crippen LogP contribution in [0.5, 0.6) is 0 Å². The van der Waals surface area contributed by atoms with Crippen molar-refractivity contribution in [2.24, 2.45) is 0 Å². The fourth-order valence-corrected chi connectivity index (χ4v) is 2.78. The zero-order chi connectivity index (χ0) is 20.6. The number of hydrogen-bond donors (Lipinski definition) is 1. The maximum Gasteiger partial charge on any atom is 0.416 e. The number of carbonyl (C=O) groups is 2. The lowest BCUT2D eigenvalue weighted by Crippen LogP contribution is -2.33. The first-order valence-electron chi connectivity index (χ1n) is 9.02. The molecule has 0 aromatic heterocycles. The highest BCUT2D eigenvalue weighted by Gasteiger charge is 2.30. The molecule has 2 aromatic rings. The number of anilines is 1. The summed E-state index contributed by atoms with van der Waals surface area (Å²) in [5.74, 6) is -0.575. The molecule has 150 valence electrons. The van der Waals surface area contributed by atoms with Gasteiger partial charge >= 0.3 is 6.18 Å². The molecule has 0 saturated carbocycles. The minimum Gasteiger partial charge on any atom is -0.342 e. The number of carbonyl (C=O) groups excluding carboxylic acids is 2. The van der Waals surface area contributed by atoms with Gasteiger partial charge in [-0.2, -0.15) is 13.2 Å². The van der Waals surface area contributed by atoms with Crippen molar-refractivity contribution >= 4 is 17.5 Å². The molecule has 7 heteroatoms. The molecule has 0 aliphatic rings. The number of hydrogen-bond acceptors (Lipinski definition) is 2. The molecule has 0 saturated heterocycles. The van der Waals surface area contributed by atoms with E-state index in [9.17, 15) is 22.8 Å². The summed E-state index contributed by atoms with van der Waals surface area (Å²) in [5.41, 5.74) is 0.433. The van der Waals surface area contributed by atoms with Gasteiger partial charge in [0.2, 0.25) is 11.8 Å². The number of nitrogens with one attached hydrogen (secondary N) is 1. The van der Waals surface area contributed by atoms with Gasteiger partial charge in [-0.1, -0.05) is 36.4 Å². The zero-order valence-electron chi connectivity index (χ0n) is 15.6. The third-order valence-electron chi connectivity index (χ3n) is 4.26. The molecule has 0 bridgehead atoms. The highest BCUT2D eigenvalue weighted by Crippen LogP contribution is 2.30. The van der Waals surface area contributed by atoms with E-state index in [0.717, 1.165) is 25.0 Å². The van der Waals surface area contributed by atoms with Gasteiger partial charge in [0.1, 0.15) is 0 Å². The van der Waals surface area contributed by atoms with Crippen LogP contribution in [-0.2, 0) is 22.2 Å². The fraction of sp³-hybridized carbons (Fsp3) is 0.333. The molecule has 0 aliphatic carbocycles. The third-order valence-corrected chi connectivity index (χ3v) is 4.26. The van der Waals surface area contributed by atoms with E-state index in [2.05, 4.69) is 5.32 Å². The predicted molar refractivity (Wildman–Crippen MR) is 102 cm³/mol. The Bertz CT molecular complexity index is 792. The van der Waals surface area contributed by atoms with Crippen molar-refractivity contribution in [2.45, 2.75) is 32.4 Å². The van der Waals surface area contributed by atoms with Gasteiger partial charge < -0.3 is 10.2 Å². The van der Waals surface area contributed by atoms with Crippen LogP contribution < -0.4 is 5.32 Å². The van der Waals surface area contributed by atoms with Gasteiger partial charge in [0.25, 0.3) is 0 Å². The topological polar surface area (TPSA) is 49.4 Å². The fourth-order valence-electron chi connectivity index (χ4n) is 2.78. The monoisotopic (exact) mass is 392 g/mol. The van der Waals surface area contributed by atoms with Crippen LogP contribution in [-0.4, -0.2) is 29.8 Å². The molecule has 28 heavy (non-hydrogen) atoms. The van der Waals surface area contributed by atoms with Crippen molar-refractivity contribution in [1.29, 1.82) is 0 Å². The predicted octanol–water partition coefficient (Wildman–Crippen LogP) is 4.52. The maximum atomic E-state index is 12.7. The van der Waals surface area contributed by atoms with Crippen LogP contribution in [0.4, 0.5) is 18.9 Å². The van der Waals surface area contributed by atoms with Crippen LogP contribution in [0.3, 0.4) is 0 Å². The number of alkyl halides is 3. The average Bonchev–Trinajstić information content (AvgIpc) is 2.64. The van der Waals surface area contributed by atoms with E-state index < -0.39 is 17.6 Å². The van der Waals surface area contributed by atoms with Crippen LogP contribution in [0, 0.1) is 0 Å². The van der Waals surface area contributed by atoms with Crippen molar-refractivity contribution in [3.63, 3.8) is 0 Å². The Labute approximate surface area is 162 Å². The summed E-state index contributed by atoms with van der Waals surface area (Å²) in [5, 5.41) is 2.45. The molecule has 2 aromatic carbocycles. The Morgan fingerprint density at radius 3 is 2.36 bits per heavy atom. The number of aryl methyl sites for hydroxylation is 1. The summed E-state index contributed by atoms with van der Waals surface area (Å²) < 4.78 is 38.2. The molecule has 0 spiro atoms. The molecule has 4 nitrogen and oxygen atoms in total. The van der Waals surface area contributed by atoms with Gasteiger partial charge in [-0.3, -0.25) is 9.59 Å². The second-order valence-electron chi connectivity index (χ2n) is 6.47. The van der Waals surface area contributed by atoms with Crippen molar-refractivity contribution in [3.05, 3.63) is 65.7 Å². The van der Waals surface area contributed by atoms with Gasteiger partial charge in [-0.05, 0) is 36.6 Å². The van der Waals surface area contributed by atoms with Crippen molar-refractivity contribution in [2.75, 3.05) is 18.4 Å². The van der Waals surface area contributed by atoms with Crippen LogP contribution in [0.1, 0.15) is 30.9 Å². The zero-order valence-corrected chi connectivity index (χ0v) is 15.6. The molecule has 0 unspecified atom stereocenters. The highest BCUT2D eigenvalue weighted by molar-refractivity contribution is 5.91. The van der Waals surface area contributed by atoms with Gasteiger partial charge in [0.05, 0.1) is 5.56 Å². The Balaban J connectivity index is 1.82. The Morgan fingerprint density at radius 1 is 1.00 bits per heavy atom. The highest BCUT2D eigenvalue weighted by atomic mass is 19.4. The van der Waals surface area contributed by atoms with Gasteiger partial charge in [-0.15, -0.1) is 0 Å². The molecular weight excluding hydrogens is 369 g/mol. The van der Waals surface area contributed by atoms with Gasteiger partial charge in [0, 0.05) is 32.1 Å². The molecule has 0 aliphatic heterocycles. The summed E-state index contributed by atoms with van der Waals surface area (Å²) in [4.78, 5) is 25.4. The molecule has 0 fully saturated rings. The van der Waals surface area contributed by atoms with Crippen LogP contribution >= 0.6 is 0 Å². The van der Waals surface area contributed by atoms with Crippen molar-refractivity contribution in [1.82, 2.24) is 4.90 Å². The summed E-state index contributed by atoms with van der Waals surface area (Å²) in [6, 6.07) is 14.3. The lowest BCUT2D eigenvalue weighted by molar-refractivity contribution is -0.137. The lowest BCUT2D eigenvalue weighted by atomic mass is 10.1. The SMILES string of the molecule is CC(=O)N(CCCc1ccccc1)CCC(=O)Nc1cccc(C(F)(F)F)c1. The molecular formula is C21H23F3N2O2. The molecule has 2 amide bonds. The van der Waals surface area contributed by atoms with E-state index in [0.29, 0.717) is 6.54 Å². The van der Waals surface area contributed by atoms with E-state index in [4.69, 9.17) is 0 Å². The molecule has 1 N–H and O–H groups in total. The number of rotatable bonds is 8. The van der Waals surface area contributed by atoms with E-state index in [-0.39, 0.29) is 24.6 Å². The van der Waals surface area contributed by atoms with Crippen molar-refractivity contribution < 1.29 is 22.8 Å². The number of benzene rings is 2. The molecule has 0 atom stereocenters. The molecule has 0 heterocycles. The van der Waals surface area contributed by atoms with Gasteiger partial charge in [0.15, 0.2) is 0 Å². The average molecular weight is 392 g/mol. The number of halogens is 3. The summed E-state index contributed by atoms with van der Waals surface area (Å²) in [7, 11) is 0. The Hall–Kier alpha value is -2.83. The summed E-state index contributed by atoms with van der Waals surface area (Å²) >= 11 is 0. The minimum atomic E-state index is -4.47. The third kappa shape index (κ3) is 7.06. The second kappa shape index (κ2) is 9.92. The second-order valence-corrected chi connectivity index (χ2v) is 6.47. The summed E-state index contributed by atoms with van der Waals surface area (Å²) in [6.45, 7) is 2.17. The van der Waals surface area contributed by atoms with E-state index >= 15 is 0 Å².